The Bertz CT molecular complexity index is 1620. The summed E-state index contributed by atoms with van der Waals surface area (Å²) in [5.74, 6) is -0.0218. The number of aromatic nitrogens is 8. The first-order chi connectivity index (χ1) is 18.1. The van der Waals surface area contributed by atoms with Gasteiger partial charge in [-0.2, -0.15) is 28.2 Å². The first-order valence-electron chi connectivity index (χ1n) is 11.2. The van der Waals surface area contributed by atoms with E-state index in [1.54, 1.807) is 44.4 Å². The summed E-state index contributed by atoms with van der Waals surface area (Å²) in [5.41, 5.74) is -0.181. The number of amides is 1. The highest BCUT2D eigenvalue weighted by Gasteiger charge is 2.36. The highest BCUT2D eigenvalue weighted by molar-refractivity contribution is 6.34. The van der Waals surface area contributed by atoms with Gasteiger partial charge < -0.3 is 5.32 Å². The summed E-state index contributed by atoms with van der Waals surface area (Å²) < 4.78 is 44.3. The average Bonchev–Trinajstić information content (AvgIpc) is 3.59. The molecule has 1 N–H and O–H groups in total. The lowest BCUT2D eigenvalue weighted by Crippen LogP contribution is -2.17. The number of benzene rings is 2. The van der Waals surface area contributed by atoms with E-state index in [4.69, 9.17) is 11.6 Å². The van der Waals surface area contributed by atoms with Crippen LogP contribution >= 0.6 is 11.6 Å². The van der Waals surface area contributed by atoms with Crippen LogP contribution in [0.5, 0.6) is 0 Å². The van der Waals surface area contributed by atoms with E-state index in [9.17, 15) is 18.0 Å². The van der Waals surface area contributed by atoms with E-state index >= 15 is 0 Å². The number of aryl methyl sites for hydroxylation is 2. The SMILES string of the molecule is Cn1ccc(-c2cc(C(=O)Nc3cc(Cc4nnn(C)n4)nn3-c3ccccc3)c(Cl)cc2C(F)(F)F)n1. The van der Waals surface area contributed by atoms with Crippen LogP contribution in [0.1, 0.15) is 27.4 Å². The number of alkyl halides is 3. The molecule has 38 heavy (non-hydrogen) atoms. The number of nitrogens with zero attached hydrogens (tertiary/aromatic N) is 8. The molecule has 3 aromatic heterocycles. The van der Waals surface area contributed by atoms with Gasteiger partial charge >= 0.3 is 6.18 Å². The third-order valence-electron chi connectivity index (χ3n) is 5.54. The van der Waals surface area contributed by atoms with Crippen LogP contribution in [0.3, 0.4) is 0 Å². The number of hydrogen-bond donors (Lipinski definition) is 1. The lowest BCUT2D eigenvalue weighted by Gasteiger charge is -2.15. The van der Waals surface area contributed by atoms with Gasteiger partial charge in [-0.25, -0.2) is 4.68 Å². The maximum atomic E-state index is 13.8. The van der Waals surface area contributed by atoms with Crippen LogP contribution in [-0.4, -0.2) is 45.7 Å². The Balaban J connectivity index is 1.53. The fourth-order valence-electron chi connectivity index (χ4n) is 3.86. The van der Waals surface area contributed by atoms with Crippen molar-refractivity contribution in [1.29, 1.82) is 0 Å². The molecule has 0 aliphatic heterocycles. The largest absolute Gasteiger partial charge is 0.417 e. The zero-order chi connectivity index (χ0) is 27.0. The summed E-state index contributed by atoms with van der Waals surface area (Å²) in [6.45, 7) is 0. The number of carbonyl (C=O) groups excluding carboxylic acids is 1. The summed E-state index contributed by atoms with van der Waals surface area (Å²) in [7, 11) is 3.22. The molecule has 0 atom stereocenters. The van der Waals surface area contributed by atoms with E-state index in [0.717, 1.165) is 12.1 Å². The molecule has 5 rings (SSSR count). The van der Waals surface area contributed by atoms with E-state index in [1.165, 1.54) is 26.4 Å². The van der Waals surface area contributed by atoms with E-state index in [1.807, 2.05) is 6.07 Å². The molecule has 14 heteroatoms. The summed E-state index contributed by atoms with van der Waals surface area (Å²) >= 11 is 6.20. The Morgan fingerprint density at radius 3 is 2.42 bits per heavy atom. The van der Waals surface area contributed by atoms with Gasteiger partial charge in [-0.15, -0.1) is 10.2 Å². The maximum Gasteiger partial charge on any atom is 0.417 e. The van der Waals surface area contributed by atoms with Crippen LogP contribution in [0, 0.1) is 0 Å². The number of carbonyl (C=O) groups is 1. The number of rotatable bonds is 6. The van der Waals surface area contributed by atoms with Crippen molar-refractivity contribution in [1.82, 2.24) is 39.8 Å². The van der Waals surface area contributed by atoms with Crippen LogP contribution in [0.15, 0.2) is 60.8 Å². The van der Waals surface area contributed by atoms with Gasteiger partial charge in [0.2, 0.25) is 0 Å². The van der Waals surface area contributed by atoms with Gasteiger partial charge in [-0.05, 0) is 35.5 Å². The third-order valence-corrected chi connectivity index (χ3v) is 5.85. The summed E-state index contributed by atoms with van der Waals surface area (Å²) in [5, 5.41) is 22.9. The number of anilines is 1. The Labute approximate surface area is 218 Å². The van der Waals surface area contributed by atoms with Crippen molar-refractivity contribution in [3.8, 4) is 16.9 Å². The third kappa shape index (κ3) is 5.13. The molecule has 0 unspecified atom stereocenters. The standard InChI is InChI=1S/C24H19ClF3N9O/c1-35-9-8-20(32-35)16-12-17(19(25)13-18(16)24(26,27)28)23(38)29-22-11-14(10-21-30-34-36(2)33-21)31-37(22)15-6-4-3-5-7-15/h3-9,11-13H,10H2,1-2H3,(H,29,38). The van der Waals surface area contributed by atoms with E-state index in [0.29, 0.717) is 17.2 Å². The molecule has 3 heterocycles. The second kappa shape index (κ2) is 9.74. The number of tetrazole rings is 1. The van der Waals surface area contributed by atoms with Crippen LogP contribution in [0.2, 0.25) is 5.02 Å². The summed E-state index contributed by atoms with van der Waals surface area (Å²) in [4.78, 5) is 14.7. The predicted octanol–water partition coefficient (Wildman–Crippen LogP) is 4.31. The molecule has 5 aromatic rings. The Morgan fingerprint density at radius 2 is 1.79 bits per heavy atom. The molecule has 2 aromatic carbocycles. The summed E-state index contributed by atoms with van der Waals surface area (Å²) in [6.07, 6.45) is -2.96. The molecule has 0 aliphatic rings. The van der Waals surface area contributed by atoms with Gasteiger partial charge in [0.25, 0.3) is 5.91 Å². The molecule has 0 aliphatic carbocycles. The molecule has 0 radical (unpaired) electrons. The molecular weight excluding hydrogens is 523 g/mol. The highest BCUT2D eigenvalue weighted by Crippen LogP contribution is 2.39. The molecule has 0 fully saturated rings. The smallest absolute Gasteiger partial charge is 0.306 e. The molecule has 0 saturated heterocycles. The zero-order valence-electron chi connectivity index (χ0n) is 20.0. The molecule has 194 valence electrons. The second-order valence-electron chi connectivity index (χ2n) is 8.34. The van der Waals surface area contributed by atoms with Gasteiger partial charge in [-0.1, -0.05) is 29.8 Å². The van der Waals surface area contributed by atoms with Crippen LogP contribution < -0.4 is 5.32 Å². The molecule has 10 nitrogen and oxygen atoms in total. The number of halogens is 4. The second-order valence-corrected chi connectivity index (χ2v) is 8.75. The average molecular weight is 542 g/mol. The minimum absolute atomic E-state index is 0.0543. The van der Waals surface area contributed by atoms with Gasteiger partial charge in [0.1, 0.15) is 5.82 Å². The van der Waals surface area contributed by atoms with Gasteiger partial charge in [0.05, 0.1) is 46.7 Å². The van der Waals surface area contributed by atoms with Crippen LogP contribution in [0.25, 0.3) is 16.9 Å². The Hall–Kier alpha value is -4.52. The van der Waals surface area contributed by atoms with Gasteiger partial charge in [0.15, 0.2) is 5.82 Å². The first kappa shape index (κ1) is 25.1. The van der Waals surface area contributed by atoms with Crippen molar-refractivity contribution < 1.29 is 18.0 Å². The fraction of sp³-hybridized carbons (Fsp3) is 0.167. The van der Waals surface area contributed by atoms with Crippen molar-refractivity contribution in [2.24, 2.45) is 14.1 Å². The highest BCUT2D eigenvalue weighted by atomic mass is 35.5. The fourth-order valence-corrected chi connectivity index (χ4v) is 4.11. The lowest BCUT2D eigenvalue weighted by molar-refractivity contribution is -0.137. The van der Waals surface area contributed by atoms with Crippen molar-refractivity contribution in [2.75, 3.05) is 5.32 Å². The quantitative estimate of drug-likeness (QED) is 0.343. The number of hydrogen-bond acceptors (Lipinski definition) is 6. The minimum atomic E-state index is -4.71. The van der Waals surface area contributed by atoms with Gasteiger partial charge in [-0.3, -0.25) is 9.48 Å². The summed E-state index contributed by atoms with van der Waals surface area (Å²) in [6, 6.07) is 13.9. The van der Waals surface area contributed by atoms with Crippen LogP contribution in [-0.2, 0) is 26.7 Å². The zero-order valence-corrected chi connectivity index (χ0v) is 20.7. The normalized spacial score (nSPS) is 11.6. The van der Waals surface area contributed by atoms with Gasteiger partial charge in [0, 0.05) is 24.9 Å². The minimum Gasteiger partial charge on any atom is -0.306 e. The molecule has 0 spiro atoms. The van der Waals surface area contributed by atoms with E-state index in [2.05, 4.69) is 30.9 Å². The predicted molar refractivity (Wildman–Crippen MR) is 132 cm³/mol. The topological polar surface area (TPSA) is 108 Å². The molecule has 0 saturated carbocycles. The molecule has 1 amide bonds. The molecular formula is C24H19ClF3N9O. The van der Waals surface area contributed by atoms with Crippen molar-refractivity contribution in [3.05, 3.63) is 88.5 Å². The van der Waals surface area contributed by atoms with Crippen LogP contribution in [0.4, 0.5) is 19.0 Å². The van der Waals surface area contributed by atoms with E-state index in [-0.39, 0.29) is 34.1 Å². The number of nitrogens with one attached hydrogen (secondary N) is 1. The number of para-hydroxylation sites is 1. The maximum absolute atomic E-state index is 13.8. The monoisotopic (exact) mass is 541 g/mol. The van der Waals surface area contributed by atoms with E-state index < -0.39 is 17.6 Å². The lowest BCUT2D eigenvalue weighted by atomic mass is 10.00. The van der Waals surface area contributed by atoms with Crippen molar-refractivity contribution >= 4 is 23.3 Å². The molecule has 0 bridgehead atoms. The first-order valence-corrected chi connectivity index (χ1v) is 11.6. The van der Waals surface area contributed by atoms with Crippen molar-refractivity contribution in [2.45, 2.75) is 12.6 Å². The Kier molecular flexibility index (Phi) is 6.45. The Morgan fingerprint density at radius 1 is 1.03 bits per heavy atom. The van der Waals surface area contributed by atoms with Crippen molar-refractivity contribution in [3.63, 3.8) is 0 Å².